The number of nitrogens with one attached hydrogen (secondary N) is 2. The number of aromatic carboxylic acids is 1. The summed E-state index contributed by atoms with van der Waals surface area (Å²) in [6.45, 7) is 1.78. The van der Waals surface area contributed by atoms with Gasteiger partial charge in [0.2, 0.25) is 5.78 Å². The second-order valence-corrected chi connectivity index (χ2v) is 3.98. The molecule has 0 unspecified atom stereocenters. The Morgan fingerprint density at radius 3 is 2.58 bits per heavy atom. The number of carbonyl (C=O) groups excluding carboxylic acids is 1. The normalized spacial score (nSPS) is 10.4. The molecule has 98 valence electrons. The Morgan fingerprint density at radius 2 is 2.05 bits per heavy atom. The summed E-state index contributed by atoms with van der Waals surface area (Å²) in [4.78, 5) is 39.9. The van der Waals surface area contributed by atoms with Crippen molar-refractivity contribution >= 4 is 11.8 Å². The number of aromatic nitrogens is 2. The minimum Gasteiger partial charge on any atom is -0.477 e. The molecule has 0 aliphatic heterocycles. The third-order valence-corrected chi connectivity index (χ3v) is 2.79. The smallest absolute Gasteiger partial charge is 0.341 e. The molecule has 0 radical (unpaired) electrons. The molecule has 3 N–H and O–H groups in total. The van der Waals surface area contributed by atoms with Crippen LogP contribution < -0.4 is 5.56 Å². The zero-order valence-corrected chi connectivity index (χ0v) is 10.2. The van der Waals surface area contributed by atoms with E-state index in [0.717, 1.165) is 6.07 Å². The molecule has 2 rings (SSSR count). The van der Waals surface area contributed by atoms with Crippen LogP contribution >= 0.6 is 0 Å². The number of rotatable bonds is 4. The maximum Gasteiger partial charge on any atom is 0.341 e. The highest BCUT2D eigenvalue weighted by Gasteiger charge is 2.19. The van der Waals surface area contributed by atoms with Crippen LogP contribution in [0.1, 0.15) is 39.0 Å². The fourth-order valence-electron chi connectivity index (χ4n) is 1.83. The molecule has 0 fully saturated rings. The molecule has 0 saturated carbocycles. The Balaban J connectivity index is 2.61. The highest BCUT2D eigenvalue weighted by Crippen LogP contribution is 2.12. The lowest BCUT2D eigenvalue weighted by molar-refractivity contribution is 0.0695. The molecule has 0 aliphatic rings. The largest absolute Gasteiger partial charge is 0.477 e. The van der Waals surface area contributed by atoms with E-state index < -0.39 is 17.1 Å². The van der Waals surface area contributed by atoms with Crippen molar-refractivity contribution in [3.63, 3.8) is 0 Å². The van der Waals surface area contributed by atoms with Crippen molar-refractivity contribution in [1.82, 2.24) is 9.97 Å². The zero-order chi connectivity index (χ0) is 14.0. The number of H-pyrrole nitrogens is 2. The van der Waals surface area contributed by atoms with Gasteiger partial charge in [0.15, 0.2) is 0 Å². The van der Waals surface area contributed by atoms with E-state index in [1.54, 1.807) is 25.3 Å². The first-order chi connectivity index (χ1) is 9.04. The van der Waals surface area contributed by atoms with Gasteiger partial charge >= 0.3 is 5.97 Å². The number of carboxylic acids is 1. The fourth-order valence-corrected chi connectivity index (χ4v) is 1.83. The molecule has 6 nitrogen and oxygen atoms in total. The van der Waals surface area contributed by atoms with E-state index in [1.807, 2.05) is 0 Å². The van der Waals surface area contributed by atoms with Crippen LogP contribution in [0.5, 0.6) is 0 Å². The number of aromatic amines is 2. The molecule has 19 heavy (non-hydrogen) atoms. The van der Waals surface area contributed by atoms with Gasteiger partial charge < -0.3 is 15.1 Å². The average Bonchev–Trinajstić information content (AvgIpc) is 2.90. The Morgan fingerprint density at radius 1 is 1.32 bits per heavy atom. The van der Waals surface area contributed by atoms with Crippen molar-refractivity contribution in [3.8, 4) is 0 Å². The molecular weight excluding hydrogens is 248 g/mol. The van der Waals surface area contributed by atoms with Crippen LogP contribution in [0.3, 0.4) is 0 Å². The highest BCUT2D eigenvalue weighted by atomic mass is 16.4. The summed E-state index contributed by atoms with van der Waals surface area (Å²) in [5, 5.41) is 8.93. The van der Waals surface area contributed by atoms with E-state index in [4.69, 9.17) is 5.11 Å². The second kappa shape index (κ2) is 4.93. The van der Waals surface area contributed by atoms with Crippen molar-refractivity contribution in [2.45, 2.75) is 13.3 Å². The molecule has 0 saturated heterocycles. The Hall–Kier alpha value is -2.63. The molecule has 0 atom stereocenters. The first-order valence-electron chi connectivity index (χ1n) is 5.72. The van der Waals surface area contributed by atoms with Crippen LogP contribution in [-0.2, 0) is 6.42 Å². The number of pyridine rings is 1. The number of ketones is 1. The SMILES string of the molecule is CCc1[nH]c(=O)c(C(=O)O)cc1C(=O)c1ccc[nH]1. The standard InChI is InChI=1S/C13H12N2O4/c1-2-9-7(11(16)10-4-3-5-14-10)6-8(13(18)19)12(17)15-9/h3-6,14H,2H2,1H3,(H,15,17)(H,18,19). The molecule has 0 spiro atoms. The third-order valence-electron chi connectivity index (χ3n) is 2.79. The molecule has 0 bridgehead atoms. The minimum atomic E-state index is -1.36. The third kappa shape index (κ3) is 2.33. The lowest BCUT2D eigenvalue weighted by Gasteiger charge is -2.07. The van der Waals surface area contributed by atoms with Gasteiger partial charge in [0, 0.05) is 17.5 Å². The van der Waals surface area contributed by atoms with Crippen LogP contribution in [0.15, 0.2) is 29.2 Å². The van der Waals surface area contributed by atoms with Gasteiger partial charge in [-0.15, -0.1) is 0 Å². The number of carboxylic acid groups (broad SMARTS) is 1. The molecule has 2 heterocycles. The predicted molar refractivity (Wildman–Crippen MR) is 67.6 cm³/mol. The average molecular weight is 260 g/mol. The molecule has 2 aromatic rings. The van der Waals surface area contributed by atoms with Gasteiger partial charge in [-0.05, 0) is 24.6 Å². The summed E-state index contributed by atoms with van der Waals surface area (Å²) in [7, 11) is 0. The Kier molecular flexibility index (Phi) is 3.33. The van der Waals surface area contributed by atoms with E-state index in [1.165, 1.54) is 0 Å². The number of hydrogen-bond acceptors (Lipinski definition) is 3. The van der Waals surface area contributed by atoms with E-state index >= 15 is 0 Å². The quantitative estimate of drug-likeness (QED) is 0.718. The summed E-state index contributed by atoms with van der Waals surface area (Å²) in [6.07, 6.45) is 2.03. The monoisotopic (exact) mass is 260 g/mol. The number of carbonyl (C=O) groups is 2. The van der Waals surface area contributed by atoms with Crippen LogP contribution in [0.4, 0.5) is 0 Å². The predicted octanol–water partition coefficient (Wildman–Crippen LogP) is 1.19. The van der Waals surface area contributed by atoms with E-state index in [9.17, 15) is 14.4 Å². The van der Waals surface area contributed by atoms with Gasteiger partial charge in [-0.1, -0.05) is 6.92 Å². The summed E-state index contributed by atoms with van der Waals surface area (Å²) in [6, 6.07) is 4.39. The molecule has 6 heteroatoms. The van der Waals surface area contributed by atoms with Gasteiger partial charge in [0.1, 0.15) is 5.56 Å². The minimum absolute atomic E-state index is 0.196. The van der Waals surface area contributed by atoms with Crippen LogP contribution in [0, 0.1) is 0 Å². The van der Waals surface area contributed by atoms with Crippen molar-refractivity contribution in [2.75, 3.05) is 0 Å². The molecular formula is C13H12N2O4. The topological polar surface area (TPSA) is 103 Å². The van der Waals surface area contributed by atoms with Gasteiger partial charge in [-0.25, -0.2) is 4.79 Å². The highest BCUT2D eigenvalue weighted by molar-refractivity contribution is 6.09. The summed E-state index contributed by atoms with van der Waals surface area (Å²) >= 11 is 0. The molecule has 0 amide bonds. The van der Waals surface area contributed by atoms with Crippen LogP contribution in [-0.4, -0.2) is 26.8 Å². The van der Waals surface area contributed by atoms with Crippen LogP contribution in [0.25, 0.3) is 0 Å². The number of hydrogen-bond donors (Lipinski definition) is 3. The molecule has 2 aromatic heterocycles. The lowest BCUT2D eigenvalue weighted by atomic mass is 10.0. The van der Waals surface area contributed by atoms with Crippen molar-refractivity contribution in [2.24, 2.45) is 0 Å². The second-order valence-electron chi connectivity index (χ2n) is 3.98. The molecule has 0 aromatic carbocycles. The Labute approximate surface area is 108 Å². The first kappa shape index (κ1) is 12.8. The molecule has 0 aliphatic carbocycles. The first-order valence-corrected chi connectivity index (χ1v) is 5.72. The number of aryl methyl sites for hydroxylation is 1. The zero-order valence-electron chi connectivity index (χ0n) is 10.2. The summed E-state index contributed by atoms with van der Waals surface area (Å²) < 4.78 is 0. The van der Waals surface area contributed by atoms with E-state index in [-0.39, 0.29) is 11.3 Å². The van der Waals surface area contributed by atoms with Gasteiger partial charge in [0.25, 0.3) is 5.56 Å². The van der Waals surface area contributed by atoms with Crippen molar-refractivity contribution in [1.29, 1.82) is 0 Å². The van der Waals surface area contributed by atoms with Gasteiger partial charge in [0.05, 0.1) is 5.69 Å². The van der Waals surface area contributed by atoms with Crippen molar-refractivity contribution < 1.29 is 14.7 Å². The Bertz CT molecular complexity index is 683. The lowest BCUT2D eigenvalue weighted by Crippen LogP contribution is -2.22. The fraction of sp³-hybridized carbons (Fsp3) is 0.154. The maximum atomic E-state index is 12.2. The van der Waals surface area contributed by atoms with Crippen LogP contribution in [0.2, 0.25) is 0 Å². The summed E-state index contributed by atoms with van der Waals surface area (Å²) in [5.74, 6) is -1.70. The van der Waals surface area contributed by atoms with Crippen molar-refractivity contribution in [3.05, 3.63) is 57.3 Å². The van der Waals surface area contributed by atoms with E-state index in [2.05, 4.69) is 9.97 Å². The maximum absolute atomic E-state index is 12.2. The van der Waals surface area contributed by atoms with Gasteiger partial charge in [-0.2, -0.15) is 0 Å². The summed E-state index contributed by atoms with van der Waals surface area (Å²) in [5.41, 5.74) is -0.172. The van der Waals surface area contributed by atoms with E-state index in [0.29, 0.717) is 17.8 Å². The van der Waals surface area contributed by atoms with Gasteiger partial charge in [-0.3, -0.25) is 9.59 Å².